The lowest BCUT2D eigenvalue weighted by molar-refractivity contribution is 0.868. The summed E-state index contributed by atoms with van der Waals surface area (Å²) in [6.45, 7) is 4.31. The Morgan fingerprint density at radius 2 is 1.67 bits per heavy atom. The molecule has 0 aliphatic carbocycles. The molecule has 18 heavy (non-hydrogen) atoms. The molecule has 2 nitrogen and oxygen atoms in total. The summed E-state index contributed by atoms with van der Waals surface area (Å²) >= 11 is 0. The van der Waals surface area contributed by atoms with Gasteiger partial charge in [0.1, 0.15) is 0 Å². The normalized spacial score (nSPS) is 11.5. The van der Waals surface area contributed by atoms with E-state index < -0.39 is 0 Å². The van der Waals surface area contributed by atoms with E-state index in [4.69, 9.17) is 0 Å². The fourth-order valence-corrected chi connectivity index (χ4v) is 2.30. The molecule has 0 saturated heterocycles. The average molecular weight is 237 g/mol. The number of aromatic amines is 1. The third kappa shape index (κ3) is 1.61. The van der Waals surface area contributed by atoms with Crippen molar-refractivity contribution in [1.29, 1.82) is 0 Å². The van der Waals surface area contributed by atoms with Crippen LogP contribution in [-0.4, -0.2) is 4.98 Å². The van der Waals surface area contributed by atoms with Crippen molar-refractivity contribution < 1.29 is 0 Å². The largest absolute Gasteiger partial charge is 0.354 e. The maximum atomic E-state index is 12.3. The molecule has 0 aliphatic rings. The van der Waals surface area contributed by atoms with Crippen molar-refractivity contribution in [2.24, 2.45) is 0 Å². The Labute approximate surface area is 105 Å². The minimum atomic E-state index is 0.106. The molecule has 1 heterocycles. The number of hydrogen-bond donors (Lipinski definition) is 1. The summed E-state index contributed by atoms with van der Waals surface area (Å²) in [7, 11) is 0. The second kappa shape index (κ2) is 3.98. The van der Waals surface area contributed by atoms with E-state index in [0.29, 0.717) is 5.92 Å². The zero-order chi connectivity index (χ0) is 12.7. The van der Waals surface area contributed by atoms with Gasteiger partial charge in [-0.25, -0.2) is 0 Å². The van der Waals surface area contributed by atoms with Crippen LogP contribution in [0.1, 0.15) is 25.3 Å². The van der Waals surface area contributed by atoms with E-state index in [9.17, 15) is 4.79 Å². The number of hydrogen-bond acceptors (Lipinski definition) is 1. The van der Waals surface area contributed by atoms with E-state index in [0.717, 1.165) is 21.8 Å². The Morgan fingerprint density at radius 1 is 0.944 bits per heavy atom. The van der Waals surface area contributed by atoms with Gasteiger partial charge in [0, 0.05) is 16.3 Å². The first-order chi connectivity index (χ1) is 8.66. The van der Waals surface area contributed by atoms with Gasteiger partial charge in [0.2, 0.25) is 0 Å². The minimum absolute atomic E-state index is 0.106. The van der Waals surface area contributed by atoms with Crippen LogP contribution in [0.3, 0.4) is 0 Å². The average Bonchev–Trinajstić information content (AvgIpc) is 2.38. The second-order valence-corrected chi connectivity index (χ2v) is 4.96. The Kier molecular flexibility index (Phi) is 2.44. The second-order valence-electron chi connectivity index (χ2n) is 4.96. The standard InChI is InChI=1S/C16H15NO/c1-10(2)11-7-8-13-15(9-11)17-14-6-4-3-5-12(14)16(13)18/h3-10H,1-2H3,(H,17,18). The molecule has 0 radical (unpaired) electrons. The van der Waals surface area contributed by atoms with Gasteiger partial charge in [0.05, 0.1) is 5.52 Å². The first-order valence-corrected chi connectivity index (χ1v) is 6.21. The fraction of sp³-hybridized carbons (Fsp3) is 0.188. The number of pyridine rings is 1. The molecule has 0 amide bonds. The number of fused-ring (bicyclic) bond motifs is 2. The van der Waals surface area contributed by atoms with Crippen molar-refractivity contribution in [3.05, 3.63) is 58.3 Å². The van der Waals surface area contributed by atoms with Gasteiger partial charge in [-0.1, -0.05) is 32.0 Å². The van der Waals surface area contributed by atoms with Gasteiger partial charge in [0.25, 0.3) is 0 Å². The molecule has 0 atom stereocenters. The molecular weight excluding hydrogens is 222 g/mol. The van der Waals surface area contributed by atoms with Crippen LogP contribution in [0.4, 0.5) is 0 Å². The molecule has 0 spiro atoms. The molecule has 0 aliphatic heterocycles. The highest BCUT2D eigenvalue weighted by Gasteiger charge is 2.06. The summed E-state index contributed by atoms with van der Waals surface area (Å²) in [5.41, 5.74) is 3.17. The van der Waals surface area contributed by atoms with E-state index >= 15 is 0 Å². The topological polar surface area (TPSA) is 32.9 Å². The van der Waals surface area contributed by atoms with Gasteiger partial charge in [-0.15, -0.1) is 0 Å². The van der Waals surface area contributed by atoms with Gasteiger partial charge >= 0.3 is 0 Å². The molecule has 3 aromatic rings. The molecular formula is C16H15NO. The highest BCUT2D eigenvalue weighted by atomic mass is 16.1. The number of benzene rings is 2. The van der Waals surface area contributed by atoms with Crippen LogP contribution in [0.15, 0.2) is 47.3 Å². The molecule has 0 fully saturated rings. The van der Waals surface area contributed by atoms with E-state index in [2.05, 4.69) is 24.9 Å². The summed E-state index contributed by atoms with van der Waals surface area (Å²) < 4.78 is 0. The van der Waals surface area contributed by atoms with Gasteiger partial charge in [-0.05, 0) is 35.7 Å². The SMILES string of the molecule is CC(C)c1ccc2c(=O)c3ccccc3[nH]c2c1. The monoisotopic (exact) mass is 237 g/mol. The number of H-pyrrole nitrogens is 1. The third-order valence-corrected chi connectivity index (χ3v) is 3.40. The van der Waals surface area contributed by atoms with Crippen LogP contribution in [0.5, 0.6) is 0 Å². The molecule has 0 bridgehead atoms. The molecule has 2 heteroatoms. The summed E-state index contributed by atoms with van der Waals surface area (Å²) in [4.78, 5) is 15.7. The molecule has 1 N–H and O–H groups in total. The smallest absolute Gasteiger partial charge is 0.197 e. The van der Waals surface area contributed by atoms with Crippen LogP contribution in [0.2, 0.25) is 0 Å². The zero-order valence-electron chi connectivity index (χ0n) is 10.5. The quantitative estimate of drug-likeness (QED) is 0.641. The number of rotatable bonds is 1. The van der Waals surface area contributed by atoms with Gasteiger partial charge in [-0.3, -0.25) is 4.79 Å². The minimum Gasteiger partial charge on any atom is -0.354 e. The van der Waals surface area contributed by atoms with Gasteiger partial charge in [-0.2, -0.15) is 0 Å². The zero-order valence-corrected chi connectivity index (χ0v) is 10.5. The Morgan fingerprint density at radius 3 is 2.44 bits per heavy atom. The summed E-state index contributed by atoms with van der Waals surface area (Å²) in [6.07, 6.45) is 0. The molecule has 1 aromatic heterocycles. The van der Waals surface area contributed by atoms with Gasteiger partial charge in [0.15, 0.2) is 5.43 Å². The van der Waals surface area contributed by atoms with Crippen LogP contribution in [0, 0.1) is 0 Å². The number of aromatic nitrogens is 1. The maximum absolute atomic E-state index is 12.3. The van der Waals surface area contributed by atoms with Crippen molar-refractivity contribution >= 4 is 21.8 Å². The predicted molar refractivity (Wildman–Crippen MR) is 76.2 cm³/mol. The predicted octanol–water partition coefficient (Wildman–Crippen LogP) is 3.80. The lowest BCUT2D eigenvalue weighted by Gasteiger charge is -2.08. The first kappa shape index (κ1) is 11.0. The molecule has 0 saturated carbocycles. The summed E-state index contributed by atoms with van der Waals surface area (Å²) in [5.74, 6) is 0.462. The van der Waals surface area contributed by atoms with E-state index in [1.807, 2.05) is 36.4 Å². The Hall–Kier alpha value is -2.09. The number of nitrogens with one attached hydrogen (secondary N) is 1. The molecule has 90 valence electrons. The highest BCUT2D eigenvalue weighted by molar-refractivity contribution is 5.92. The van der Waals surface area contributed by atoms with Crippen molar-refractivity contribution in [1.82, 2.24) is 4.98 Å². The van der Waals surface area contributed by atoms with Crippen molar-refractivity contribution in [3.63, 3.8) is 0 Å². The molecule has 2 aromatic carbocycles. The van der Waals surface area contributed by atoms with E-state index in [1.54, 1.807) is 0 Å². The van der Waals surface area contributed by atoms with E-state index in [1.165, 1.54) is 5.56 Å². The van der Waals surface area contributed by atoms with E-state index in [-0.39, 0.29) is 5.43 Å². The summed E-state index contributed by atoms with van der Waals surface area (Å²) in [5, 5.41) is 1.51. The van der Waals surface area contributed by atoms with Gasteiger partial charge < -0.3 is 4.98 Å². The van der Waals surface area contributed by atoms with Crippen LogP contribution >= 0.6 is 0 Å². The molecule has 3 rings (SSSR count). The Bertz CT molecular complexity index is 784. The van der Waals surface area contributed by atoms with Crippen molar-refractivity contribution in [3.8, 4) is 0 Å². The fourth-order valence-electron chi connectivity index (χ4n) is 2.30. The third-order valence-electron chi connectivity index (χ3n) is 3.40. The van der Waals surface area contributed by atoms with Crippen molar-refractivity contribution in [2.75, 3.05) is 0 Å². The van der Waals surface area contributed by atoms with Crippen LogP contribution < -0.4 is 5.43 Å². The van der Waals surface area contributed by atoms with Crippen LogP contribution in [0.25, 0.3) is 21.8 Å². The van der Waals surface area contributed by atoms with Crippen molar-refractivity contribution in [2.45, 2.75) is 19.8 Å². The Balaban J connectivity index is 2.44. The summed E-state index contributed by atoms with van der Waals surface area (Å²) in [6, 6.07) is 13.7. The first-order valence-electron chi connectivity index (χ1n) is 6.21. The number of para-hydroxylation sites is 1. The maximum Gasteiger partial charge on any atom is 0.197 e. The lowest BCUT2D eigenvalue weighted by atomic mass is 10.0. The van der Waals surface area contributed by atoms with Crippen LogP contribution in [-0.2, 0) is 0 Å². The lowest BCUT2D eigenvalue weighted by Crippen LogP contribution is -2.04. The molecule has 0 unspecified atom stereocenters. The highest BCUT2D eigenvalue weighted by Crippen LogP contribution is 2.20.